The lowest BCUT2D eigenvalue weighted by molar-refractivity contribution is -0.131. The van der Waals surface area contributed by atoms with Gasteiger partial charge in [-0.15, -0.1) is 0 Å². The van der Waals surface area contributed by atoms with Crippen molar-refractivity contribution in [2.45, 2.75) is 34.1 Å². The zero-order valence-corrected chi connectivity index (χ0v) is 21.4. The second kappa shape index (κ2) is 7.92. The van der Waals surface area contributed by atoms with E-state index in [1.807, 2.05) is 36.4 Å². The molecule has 0 fully saturated rings. The molecule has 1 aliphatic rings. The summed E-state index contributed by atoms with van der Waals surface area (Å²) in [5, 5.41) is 2.29. The van der Waals surface area contributed by atoms with E-state index in [1.54, 1.807) is 14.2 Å². The summed E-state index contributed by atoms with van der Waals surface area (Å²) < 4.78 is 21.2. The summed E-state index contributed by atoms with van der Waals surface area (Å²) in [5.41, 5.74) is 9.56. The highest BCUT2D eigenvalue weighted by Crippen LogP contribution is 2.48. The largest absolute Gasteiger partial charge is 0.497 e. The van der Waals surface area contributed by atoms with Crippen molar-refractivity contribution in [2.75, 3.05) is 14.2 Å². The van der Waals surface area contributed by atoms with Crippen LogP contribution in [0, 0.1) is 27.7 Å². The molecule has 0 unspecified atom stereocenters. The summed E-state index contributed by atoms with van der Waals surface area (Å²) in [6, 6.07) is 16.0. The number of fused-ring (bicyclic) bond motifs is 6. The first-order valence-corrected chi connectivity index (χ1v) is 12.0. The minimum Gasteiger partial charge on any atom is -0.497 e. The van der Waals surface area contributed by atoms with Gasteiger partial charge < -0.3 is 23.3 Å². The molecule has 6 nitrogen and oxygen atoms in total. The van der Waals surface area contributed by atoms with Gasteiger partial charge in [0.05, 0.1) is 31.7 Å². The summed E-state index contributed by atoms with van der Waals surface area (Å²) in [7, 11) is 3.33. The standard InChI is InChI=1S/C30H28N2O4/c1-16-18(3)31(20-7-11-22(34-5)12-8-20)28-24-15-25(33)36-30(24)29-27(26(16)28)17(2)19(4)32(29)21-9-13-23(35-6)14-10-21/h7-14H,15H2,1-6H3. The van der Waals surface area contributed by atoms with Crippen molar-refractivity contribution in [3.8, 4) is 28.6 Å². The number of rotatable bonds is 4. The van der Waals surface area contributed by atoms with Crippen LogP contribution in [-0.4, -0.2) is 29.3 Å². The van der Waals surface area contributed by atoms with Crippen molar-refractivity contribution in [3.05, 3.63) is 76.6 Å². The van der Waals surface area contributed by atoms with Gasteiger partial charge in [-0.05, 0) is 87.4 Å². The topological polar surface area (TPSA) is 54.6 Å². The Morgan fingerprint density at radius 3 is 1.61 bits per heavy atom. The Morgan fingerprint density at radius 1 is 0.694 bits per heavy atom. The number of aryl methyl sites for hydroxylation is 2. The molecule has 0 spiro atoms. The van der Waals surface area contributed by atoms with Crippen LogP contribution in [0.2, 0.25) is 0 Å². The van der Waals surface area contributed by atoms with E-state index in [4.69, 9.17) is 14.2 Å². The first kappa shape index (κ1) is 22.3. The molecule has 3 heterocycles. The van der Waals surface area contributed by atoms with Gasteiger partial charge in [0, 0.05) is 39.1 Å². The molecule has 182 valence electrons. The molecule has 2 aromatic heterocycles. The molecule has 6 heteroatoms. The molecule has 0 amide bonds. The maximum absolute atomic E-state index is 12.8. The minimum atomic E-state index is -0.227. The Kier molecular flexibility index (Phi) is 4.90. The molecule has 0 saturated heterocycles. The van der Waals surface area contributed by atoms with Crippen LogP contribution in [0.15, 0.2) is 48.5 Å². The Bertz CT molecular complexity index is 1560. The number of ether oxygens (including phenoxy) is 3. The van der Waals surface area contributed by atoms with Crippen LogP contribution in [0.25, 0.3) is 33.2 Å². The summed E-state index contributed by atoms with van der Waals surface area (Å²) >= 11 is 0. The molecule has 36 heavy (non-hydrogen) atoms. The summed E-state index contributed by atoms with van der Waals surface area (Å²) in [4.78, 5) is 12.8. The number of carbonyl (C=O) groups excluding carboxylic acids is 1. The average molecular weight is 481 g/mol. The number of hydrogen-bond donors (Lipinski definition) is 0. The second-order valence-corrected chi connectivity index (χ2v) is 9.39. The smallest absolute Gasteiger partial charge is 0.315 e. The van der Waals surface area contributed by atoms with Crippen molar-refractivity contribution >= 4 is 27.8 Å². The number of esters is 1. The number of methoxy groups -OCH3 is 2. The number of hydrogen-bond acceptors (Lipinski definition) is 4. The average Bonchev–Trinajstić information content (AvgIpc) is 3.49. The molecule has 0 N–H and O–H groups in total. The zero-order chi connectivity index (χ0) is 25.3. The summed E-state index contributed by atoms with van der Waals surface area (Å²) in [6.45, 7) is 8.58. The van der Waals surface area contributed by atoms with Gasteiger partial charge in [0.2, 0.25) is 0 Å². The summed E-state index contributed by atoms with van der Waals surface area (Å²) in [5.74, 6) is 2.03. The van der Waals surface area contributed by atoms with Crippen molar-refractivity contribution in [3.63, 3.8) is 0 Å². The second-order valence-electron chi connectivity index (χ2n) is 9.39. The van der Waals surface area contributed by atoms with E-state index in [1.165, 1.54) is 16.5 Å². The fraction of sp³-hybridized carbons (Fsp3) is 0.233. The van der Waals surface area contributed by atoms with E-state index in [-0.39, 0.29) is 12.4 Å². The highest BCUT2D eigenvalue weighted by Gasteiger charge is 2.33. The predicted octanol–water partition coefficient (Wildman–Crippen LogP) is 6.29. The third-order valence-corrected chi connectivity index (χ3v) is 7.65. The predicted molar refractivity (Wildman–Crippen MR) is 141 cm³/mol. The quantitative estimate of drug-likeness (QED) is 0.224. The molecule has 6 rings (SSSR count). The lowest BCUT2D eigenvalue weighted by Crippen LogP contribution is -2.02. The Hall–Kier alpha value is -4.19. The fourth-order valence-corrected chi connectivity index (χ4v) is 5.65. The molecule has 0 radical (unpaired) electrons. The van der Waals surface area contributed by atoms with Crippen LogP contribution < -0.4 is 14.2 Å². The van der Waals surface area contributed by atoms with E-state index in [0.717, 1.165) is 56.2 Å². The van der Waals surface area contributed by atoms with E-state index in [0.29, 0.717) is 5.75 Å². The van der Waals surface area contributed by atoms with Gasteiger partial charge in [-0.1, -0.05) is 0 Å². The maximum atomic E-state index is 12.8. The van der Waals surface area contributed by atoms with Crippen molar-refractivity contribution in [2.24, 2.45) is 0 Å². The first-order valence-electron chi connectivity index (χ1n) is 12.0. The van der Waals surface area contributed by atoms with Crippen molar-refractivity contribution < 1.29 is 19.0 Å². The molecular formula is C30H28N2O4. The van der Waals surface area contributed by atoms with Crippen LogP contribution in [-0.2, 0) is 11.2 Å². The van der Waals surface area contributed by atoms with E-state index in [2.05, 4.69) is 49.0 Å². The van der Waals surface area contributed by atoms with Gasteiger partial charge in [-0.3, -0.25) is 4.79 Å². The third-order valence-electron chi connectivity index (χ3n) is 7.65. The maximum Gasteiger partial charge on any atom is 0.315 e. The van der Waals surface area contributed by atoms with Gasteiger partial charge >= 0.3 is 5.97 Å². The van der Waals surface area contributed by atoms with Gasteiger partial charge in [-0.25, -0.2) is 0 Å². The SMILES string of the molecule is COc1ccc(-n2c(C)c(C)c3c4c(C)c(C)n(-c5ccc(OC)cc5)c4c4c(c32)CC(=O)O4)cc1. The van der Waals surface area contributed by atoms with Gasteiger partial charge in [-0.2, -0.15) is 0 Å². The minimum absolute atomic E-state index is 0.227. The van der Waals surface area contributed by atoms with E-state index < -0.39 is 0 Å². The monoisotopic (exact) mass is 480 g/mol. The molecule has 0 saturated carbocycles. The molecule has 5 aromatic rings. The van der Waals surface area contributed by atoms with Crippen LogP contribution in [0.5, 0.6) is 17.2 Å². The van der Waals surface area contributed by atoms with Crippen LogP contribution in [0.3, 0.4) is 0 Å². The van der Waals surface area contributed by atoms with Crippen molar-refractivity contribution in [1.82, 2.24) is 9.13 Å². The Morgan fingerprint density at radius 2 is 1.14 bits per heavy atom. The molecule has 1 aliphatic heterocycles. The lowest BCUT2D eigenvalue weighted by Gasteiger charge is -2.14. The third kappa shape index (κ3) is 2.94. The number of carbonyl (C=O) groups is 1. The number of benzene rings is 3. The normalized spacial score (nSPS) is 12.9. The number of aromatic nitrogens is 2. The highest BCUT2D eigenvalue weighted by molar-refractivity contribution is 6.17. The molecule has 3 aromatic carbocycles. The zero-order valence-electron chi connectivity index (χ0n) is 21.4. The molecular weight excluding hydrogens is 452 g/mol. The van der Waals surface area contributed by atoms with Gasteiger partial charge in [0.15, 0.2) is 5.75 Å². The first-order chi connectivity index (χ1) is 17.3. The molecule has 0 aliphatic carbocycles. The Balaban J connectivity index is 1.77. The van der Waals surface area contributed by atoms with Gasteiger partial charge in [0.25, 0.3) is 0 Å². The van der Waals surface area contributed by atoms with E-state index >= 15 is 0 Å². The summed E-state index contributed by atoms with van der Waals surface area (Å²) in [6.07, 6.45) is 0.243. The molecule has 0 bridgehead atoms. The van der Waals surface area contributed by atoms with Gasteiger partial charge in [0.1, 0.15) is 11.5 Å². The lowest BCUT2D eigenvalue weighted by atomic mass is 9.99. The molecule has 0 atom stereocenters. The Labute approximate surface area is 209 Å². The fourth-order valence-electron chi connectivity index (χ4n) is 5.65. The van der Waals surface area contributed by atoms with Crippen LogP contribution in [0.1, 0.15) is 28.1 Å². The number of nitrogens with zero attached hydrogens (tertiary/aromatic N) is 2. The van der Waals surface area contributed by atoms with E-state index in [9.17, 15) is 4.79 Å². The van der Waals surface area contributed by atoms with Crippen LogP contribution >= 0.6 is 0 Å². The highest BCUT2D eigenvalue weighted by atomic mass is 16.5. The van der Waals surface area contributed by atoms with Crippen LogP contribution in [0.4, 0.5) is 0 Å². The van der Waals surface area contributed by atoms with Crippen molar-refractivity contribution in [1.29, 1.82) is 0 Å².